The Labute approximate surface area is 168 Å². The van der Waals surface area contributed by atoms with Crippen LogP contribution in [-0.2, 0) is 6.61 Å². The third-order valence-corrected chi connectivity index (χ3v) is 7.22. The van der Waals surface area contributed by atoms with Gasteiger partial charge >= 0.3 is 0 Å². The van der Waals surface area contributed by atoms with Crippen LogP contribution in [0.15, 0.2) is 54.6 Å². The van der Waals surface area contributed by atoms with E-state index in [1.807, 2.05) is 42.5 Å². The summed E-state index contributed by atoms with van der Waals surface area (Å²) in [5, 5.41) is 14.5. The highest BCUT2D eigenvalue weighted by atomic mass is 16.5. The zero-order valence-corrected chi connectivity index (χ0v) is 16.5. The van der Waals surface area contributed by atoms with Crippen LogP contribution >= 0.6 is 0 Å². The Bertz CT molecular complexity index is 751. The van der Waals surface area contributed by atoms with E-state index >= 15 is 0 Å². The van der Waals surface area contributed by atoms with E-state index in [2.05, 4.69) is 17.4 Å². The number of hydrogen-bond acceptors (Lipinski definition) is 3. The first-order valence-corrected chi connectivity index (χ1v) is 10.9. The highest BCUT2D eigenvalue weighted by Crippen LogP contribution is 2.55. The molecule has 28 heavy (non-hydrogen) atoms. The number of aliphatic hydroxyl groups is 1. The van der Waals surface area contributed by atoms with Crippen LogP contribution in [0.3, 0.4) is 0 Å². The van der Waals surface area contributed by atoms with Crippen LogP contribution in [0.25, 0.3) is 0 Å². The molecule has 1 atom stereocenters. The van der Waals surface area contributed by atoms with Gasteiger partial charge in [-0.05, 0) is 79.5 Å². The molecule has 148 valence electrons. The Hall–Kier alpha value is -1.84. The second kappa shape index (κ2) is 7.53. The molecule has 3 heteroatoms. The molecule has 3 nitrogen and oxygen atoms in total. The highest BCUT2D eigenvalue weighted by Gasteiger charge is 2.50. The lowest BCUT2D eigenvalue weighted by molar-refractivity contribution is -0.0248. The normalized spacial score (nSPS) is 31.7. The summed E-state index contributed by atoms with van der Waals surface area (Å²) >= 11 is 0. The zero-order valence-electron chi connectivity index (χ0n) is 16.5. The molecule has 4 bridgehead atoms. The molecule has 6 rings (SSSR count). The fourth-order valence-corrected chi connectivity index (χ4v) is 6.29. The Morgan fingerprint density at radius 3 is 2.11 bits per heavy atom. The van der Waals surface area contributed by atoms with E-state index in [-0.39, 0.29) is 0 Å². The van der Waals surface area contributed by atoms with E-state index in [0.717, 1.165) is 34.6 Å². The summed E-state index contributed by atoms with van der Waals surface area (Å²) in [6.45, 7) is 1.21. The van der Waals surface area contributed by atoms with E-state index < -0.39 is 6.10 Å². The predicted molar refractivity (Wildman–Crippen MR) is 111 cm³/mol. The van der Waals surface area contributed by atoms with E-state index in [1.54, 1.807) is 0 Å². The Morgan fingerprint density at radius 1 is 0.893 bits per heavy atom. The molecule has 4 fully saturated rings. The smallest absolute Gasteiger partial charge is 0.119 e. The minimum atomic E-state index is -0.462. The number of ether oxygens (including phenoxy) is 1. The van der Waals surface area contributed by atoms with Gasteiger partial charge in [0.25, 0.3) is 0 Å². The second-order valence-corrected chi connectivity index (χ2v) is 9.44. The summed E-state index contributed by atoms with van der Waals surface area (Å²) in [7, 11) is 0. The molecular formula is C25H31NO2. The molecule has 4 saturated carbocycles. The third-order valence-electron chi connectivity index (χ3n) is 7.22. The van der Waals surface area contributed by atoms with Crippen molar-refractivity contribution >= 4 is 0 Å². The average Bonchev–Trinajstić information content (AvgIpc) is 2.71. The number of hydrogen-bond donors (Lipinski definition) is 2. The lowest BCUT2D eigenvalue weighted by Crippen LogP contribution is -2.59. The fraction of sp³-hybridized carbons (Fsp3) is 0.520. The van der Waals surface area contributed by atoms with Crippen molar-refractivity contribution < 1.29 is 9.84 Å². The fourth-order valence-electron chi connectivity index (χ4n) is 6.29. The van der Waals surface area contributed by atoms with Gasteiger partial charge in [-0.2, -0.15) is 0 Å². The number of benzene rings is 2. The van der Waals surface area contributed by atoms with E-state index in [0.29, 0.717) is 18.7 Å². The second-order valence-electron chi connectivity index (χ2n) is 9.44. The number of rotatable bonds is 7. The van der Waals surface area contributed by atoms with Gasteiger partial charge in [-0.3, -0.25) is 0 Å². The quantitative estimate of drug-likeness (QED) is 0.724. The minimum Gasteiger partial charge on any atom is -0.489 e. The molecular weight excluding hydrogens is 346 g/mol. The molecule has 0 heterocycles. The topological polar surface area (TPSA) is 41.5 Å². The van der Waals surface area contributed by atoms with E-state index in [9.17, 15) is 5.11 Å². The number of aliphatic hydroxyl groups excluding tert-OH is 1. The van der Waals surface area contributed by atoms with Gasteiger partial charge in [0.05, 0.1) is 6.10 Å². The van der Waals surface area contributed by atoms with Gasteiger partial charge in [0.2, 0.25) is 0 Å². The molecule has 2 aromatic rings. The molecule has 2 N–H and O–H groups in total. The van der Waals surface area contributed by atoms with Gasteiger partial charge in [-0.25, -0.2) is 0 Å². The maximum atomic E-state index is 10.7. The molecule has 0 amide bonds. The van der Waals surface area contributed by atoms with Gasteiger partial charge in [0.1, 0.15) is 12.4 Å². The number of nitrogens with one attached hydrogen (secondary N) is 1. The molecule has 0 spiro atoms. The standard InChI is InChI=1S/C25H31NO2/c27-24(16-26-25-13-19-10-20(14-25)12-21(11-19)15-25)22-6-8-23(9-7-22)28-17-18-4-2-1-3-5-18/h1-9,19-21,24,26-27H,10-17H2. The van der Waals surface area contributed by atoms with Crippen LogP contribution < -0.4 is 10.1 Å². The van der Waals surface area contributed by atoms with Gasteiger partial charge in [-0.1, -0.05) is 42.5 Å². The van der Waals surface area contributed by atoms with Crippen LogP contribution in [0, 0.1) is 17.8 Å². The van der Waals surface area contributed by atoms with Crippen LogP contribution in [0.5, 0.6) is 5.75 Å². The monoisotopic (exact) mass is 377 g/mol. The van der Waals surface area contributed by atoms with Crippen molar-refractivity contribution in [2.75, 3.05) is 6.54 Å². The van der Waals surface area contributed by atoms with Crippen molar-refractivity contribution in [2.24, 2.45) is 17.8 Å². The molecule has 0 saturated heterocycles. The summed E-state index contributed by atoms with van der Waals surface area (Å²) in [6, 6.07) is 18.1. The lowest BCUT2D eigenvalue weighted by Gasteiger charge is -2.57. The van der Waals surface area contributed by atoms with Crippen molar-refractivity contribution in [1.29, 1.82) is 0 Å². The minimum absolute atomic E-state index is 0.300. The first-order valence-electron chi connectivity index (χ1n) is 10.9. The highest BCUT2D eigenvalue weighted by molar-refractivity contribution is 5.29. The van der Waals surface area contributed by atoms with Crippen molar-refractivity contribution in [3.05, 3.63) is 65.7 Å². The van der Waals surface area contributed by atoms with Gasteiger partial charge in [0, 0.05) is 12.1 Å². The summed E-state index contributed by atoms with van der Waals surface area (Å²) in [5.74, 6) is 3.62. The molecule has 0 radical (unpaired) electrons. The summed E-state index contributed by atoms with van der Waals surface area (Å²) < 4.78 is 5.85. The molecule has 4 aliphatic rings. The van der Waals surface area contributed by atoms with Crippen LogP contribution in [0.1, 0.15) is 55.8 Å². The predicted octanol–water partition coefficient (Wildman–Crippen LogP) is 4.86. The van der Waals surface area contributed by atoms with Gasteiger partial charge in [-0.15, -0.1) is 0 Å². The molecule has 1 unspecified atom stereocenters. The molecule has 4 aliphatic carbocycles. The van der Waals surface area contributed by atoms with Gasteiger partial charge in [0.15, 0.2) is 0 Å². The Balaban J connectivity index is 1.15. The van der Waals surface area contributed by atoms with Crippen LogP contribution in [0.4, 0.5) is 0 Å². The van der Waals surface area contributed by atoms with E-state index in [1.165, 1.54) is 38.5 Å². The SMILES string of the molecule is OC(CNC12CC3CC(CC(C3)C1)C2)c1ccc(OCc2ccccc2)cc1. The van der Waals surface area contributed by atoms with E-state index in [4.69, 9.17) is 4.74 Å². The summed E-state index contributed by atoms with van der Waals surface area (Å²) in [5.41, 5.74) is 2.42. The van der Waals surface area contributed by atoms with Crippen LogP contribution in [-0.4, -0.2) is 17.2 Å². The largest absolute Gasteiger partial charge is 0.489 e. The van der Waals surface area contributed by atoms with Crippen molar-refractivity contribution in [3.8, 4) is 5.75 Å². The first-order chi connectivity index (χ1) is 13.7. The van der Waals surface area contributed by atoms with Crippen molar-refractivity contribution in [1.82, 2.24) is 5.32 Å². The summed E-state index contributed by atoms with van der Waals surface area (Å²) in [4.78, 5) is 0. The molecule has 2 aromatic carbocycles. The molecule has 0 aliphatic heterocycles. The average molecular weight is 378 g/mol. The Morgan fingerprint density at radius 2 is 1.50 bits per heavy atom. The third kappa shape index (κ3) is 3.83. The summed E-state index contributed by atoms with van der Waals surface area (Å²) in [6.07, 6.45) is 7.85. The Kier molecular flexibility index (Phi) is 4.90. The maximum Gasteiger partial charge on any atom is 0.119 e. The van der Waals surface area contributed by atoms with Crippen molar-refractivity contribution in [2.45, 2.75) is 56.8 Å². The van der Waals surface area contributed by atoms with Crippen molar-refractivity contribution in [3.63, 3.8) is 0 Å². The maximum absolute atomic E-state index is 10.7. The van der Waals surface area contributed by atoms with Crippen LogP contribution in [0.2, 0.25) is 0 Å². The first kappa shape index (κ1) is 18.2. The molecule has 0 aromatic heterocycles. The van der Waals surface area contributed by atoms with Gasteiger partial charge < -0.3 is 15.2 Å². The zero-order chi connectivity index (χ0) is 19.0. The number of β-amino-alcohol motifs (C(OH)–C–C–N with tert-alkyl or cyclic N) is 1. The lowest BCUT2D eigenvalue weighted by atomic mass is 9.53.